The first-order valence-corrected chi connectivity index (χ1v) is 11.7. The summed E-state index contributed by atoms with van der Waals surface area (Å²) in [6, 6.07) is 7.85. The van der Waals surface area contributed by atoms with Crippen LogP contribution < -0.4 is 11.1 Å². The second-order valence-electron chi connectivity index (χ2n) is 7.95. The summed E-state index contributed by atoms with van der Waals surface area (Å²) in [5.74, 6) is 0.236. The first kappa shape index (κ1) is 22.6. The average molecular weight is 463 g/mol. The molecule has 8 nitrogen and oxygen atoms in total. The number of aromatic nitrogens is 4. The molecule has 4 N–H and O–H groups in total. The highest BCUT2D eigenvalue weighted by Gasteiger charge is 2.20. The second-order valence-corrected chi connectivity index (χ2v) is 9.19. The van der Waals surface area contributed by atoms with E-state index in [9.17, 15) is 9.59 Å². The van der Waals surface area contributed by atoms with E-state index < -0.39 is 0 Å². The predicted molar refractivity (Wildman–Crippen MR) is 129 cm³/mol. The summed E-state index contributed by atoms with van der Waals surface area (Å²) in [6.07, 6.45) is 10.5. The molecule has 0 saturated carbocycles. The van der Waals surface area contributed by atoms with E-state index in [1.54, 1.807) is 18.6 Å². The molecule has 0 spiro atoms. The Morgan fingerprint density at radius 3 is 2.76 bits per heavy atom. The van der Waals surface area contributed by atoms with Crippen molar-refractivity contribution < 1.29 is 9.59 Å². The first-order chi connectivity index (χ1) is 16.0. The normalized spacial score (nSPS) is 12.0. The lowest BCUT2D eigenvalue weighted by Crippen LogP contribution is -2.28. The maximum Gasteiger partial charge on any atom is 0.263 e. The fourth-order valence-corrected chi connectivity index (χ4v) is 4.39. The van der Waals surface area contributed by atoms with Crippen LogP contribution in [0.5, 0.6) is 0 Å². The minimum Gasteiger partial charge on any atom is -0.370 e. The molecule has 1 aromatic carbocycles. The third-order valence-corrected chi connectivity index (χ3v) is 6.36. The van der Waals surface area contributed by atoms with Crippen molar-refractivity contribution in [3.8, 4) is 11.3 Å². The van der Waals surface area contributed by atoms with Crippen molar-refractivity contribution in [2.45, 2.75) is 45.1 Å². The number of benzene rings is 1. The molecule has 0 unspecified atom stereocenters. The number of aromatic amines is 1. The molecule has 0 saturated heterocycles. The second kappa shape index (κ2) is 10.4. The number of nitrogens with zero attached hydrogens (tertiary/aromatic N) is 3. The number of amides is 2. The van der Waals surface area contributed by atoms with E-state index in [2.05, 4.69) is 37.4 Å². The van der Waals surface area contributed by atoms with Gasteiger partial charge in [0, 0.05) is 29.8 Å². The van der Waals surface area contributed by atoms with Gasteiger partial charge in [0.05, 0.1) is 29.1 Å². The van der Waals surface area contributed by atoms with Crippen LogP contribution >= 0.6 is 11.3 Å². The molecule has 0 aliphatic heterocycles. The van der Waals surface area contributed by atoms with E-state index in [-0.39, 0.29) is 17.9 Å². The predicted octanol–water partition coefficient (Wildman–Crippen LogP) is 4.30. The third-order valence-electron chi connectivity index (χ3n) is 5.44. The van der Waals surface area contributed by atoms with E-state index in [4.69, 9.17) is 5.73 Å². The van der Waals surface area contributed by atoms with Crippen molar-refractivity contribution in [2.75, 3.05) is 0 Å². The summed E-state index contributed by atoms with van der Waals surface area (Å²) < 4.78 is 0. The van der Waals surface area contributed by atoms with Gasteiger partial charge in [-0.3, -0.25) is 14.6 Å². The minimum atomic E-state index is -0.290. The van der Waals surface area contributed by atoms with Crippen LogP contribution in [0.3, 0.4) is 0 Å². The number of thiazole rings is 1. The Labute approximate surface area is 195 Å². The Balaban J connectivity index is 1.51. The molecule has 4 rings (SSSR count). The topological polar surface area (TPSA) is 127 Å². The zero-order valence-corrected chi connectivity index (χ0v) is 19.2. The molecule has 0 aliphatic carbocycles. The van der Waals surface area contributed by atoms with Gasteiger partial charge in [-0.1, -0.05) is 25.0 Å². The minimum absolute atomic E-state index is 0.169. The quantitative estimate of drug-likeness (QED) is 0.303. The van der Waals surface area contributed by atoms with Gasteiger partial charge in [-0.25, -0.2) is 9.97 Å². The number of primary amides is 1. The van der Waals surface area contributed by atoms with E-state index >= 15 is 0 Å². The maximum atomic E-state index is 12.8. The number of nitrogens with one attached hydrogen (secondary N) is 2. The van der Waals surface area contributed by atoms with Crippen molar-refractivity contribution in [1.29, 1.82) is 0 Å². The summed E-state index contributed by atoms with van der Waals surface area (Å²) in [7, 11) is 0. The summed E-state index contributed by atoms with van der Waals surface area (Å²) >= 11 is 1.36. The molecule has 0 radical (unpaired) electrons. The Kier molecular flexibility index (Phi) is 7.09. The molecular weight excluding hydrogens is 436 g/mol. The van der Waals surface area contributed by atoms with E-state index in [1.165, 1.54) is 11.3 Å². The largest absolute Gasteiger partial charge is 0.370 e. The smallest absolute Gasteiger partial charge is 0.263 e. The van der Waals surface area contributed by atoms with E-state index in [1.807, 2.05) is 25.3 Å². The SMILES string of the molecule is Cc1ncc(C(=O)N[C@@H](CCCCCC(N)=O)c2ncc(-c3ccc4ccncc4c3)[nH]2)s1. The highest BCUT2D eigenvalue weighted by molar-refractivity contribution is 7.13. The zero-order valence-electron chi connectivity index (χ0n) is 18.4. The van der Waals surface area contributed by atoms with Crippen LogP contribution in [0.1, 0.15) is 58.6 Å². The zero-order chi connectivity index (χ0) is 23.2. The molecule has 3 aromatic heterocycles. The number of pyridine rings is 1. The van der Waals surface area contributed by atoms with Crippen molar-refractivity contribution in [3.63, 3.8) is 0 Å². The number of imidazole rings is 1. The van der Waals surface area contributed by atoms with Gasteiger partial charge in [0.2, 0.25) is 5.91 Å². The summed E-state index contributed by atoms with van der Waals surface area (Å²) in [5.41, 5.74) is 7.10. The van der Waals surface area contributed by atoms with Crippen molar-refractivity contribution >= 4 is 33.9 Å². The van der Waals surface area contributed by atoms with Crippen molar-refractivity contribution in [3.05, 3.63) is 64.8 Å². The fourth-order valence-electron chi connectivity index (χ4n) is 3.71. The summed E-state index contributed by atoms with van der Waals surface area (Å²) in [5, 5.41) is 6.10. The number of rotatable bonds is 10. The van der Waals surface area contributed by atoms with E-state index in [0.717, 1.165) is 46.3 Å². The van der Waals surface area contributed by atoms with Gasteiger partial charge in [-0.05, 0) is 37.3 Å². The van der Waals surface area contributed by atoms with E-state index in [0.29, 0.717) is 23.5 Å². The fraction of sp³-hybridized carbons (Fsp3) is 0.292. The van der Waals surface area contributed by atoms with Crippen LogP contribution in [0, 0.1) is 6.92 Å². The monoisotopic (exact) mass is 462 g/mol. The Morgan fingerprint density at radius 2 is 1.97 bits per heavy atom. The lowest BCUT2D eigenvalue weighted by atomic mass is 10.1. The summed E-state index contributed by atoms with van der Waals surface area (Å²) in [4.78, 5) is 40.7. The Bertz CT molecular complexity index is 1260. The molecule has 170 valence electrons. The molecule has 0 fully saturated rings. The molecule has 9 heteroatoms. The lowest BCUT2D eigenvalue weighted by molar-refractivity contribution is -0.118. The number of unbranched alkanes of at least 4 members (excludes halogenated alkanes) is 2. The molecule has 2 amide bonds. The van der Waals surface area contributed by atoms with Crippen LogP contribution in [0.4, 0.5) is 0 Å². The number of carbonyl (C=O) groups excluding carboxylic acids is 2. The molecular formula is C24H26N6O2S. The molecule has 0 aliphatic rings. The van der Waals surface area contributed by atoms with Gasteiger partial charge in [0.1, 0.15) is 10.7 Å². The van der Waals surface area contributed by atoms with Gasteiger partial charge in [-0.15, -0.1) is 11.3 Å². The van der Waals surface area contributed by atoms with Crippen molar-refractivity contribution in [2.24, 2.45) is 5.73 Å². The van der Waals surface area contributed by atoms with Crippen molar-refractivity contribution in [1.82, 2.24) is 25.3 Å². The Morgan fingerprint density at radius 1 is 1.09 bits per heavy atom. The van der Waals surface area contributed by atoms with Crippen LogP contribution in [0.15, 0.2) is 49.1 Å². The highest BCUT2D eigenvalue weighted by atomic mass is 32.1. The molecule has 1 atom stereocenters. The lowest BCUT2D eigenvalue weighted by Gasteiger charge is -2.16. The number of H-pyrrole nitrogens is 1. The maximum absolute atomic E-state index is 12.8. The number of nitrogens with two attached hydrogens (primary N) is 1. The van der Waals surface area contributed by atoms with Crippen LogP contribution in [-0.2, 0) is 4.79 Å². The number of carbonyl (C=O) groups is 2. The number of fused-ring (bicyclic) bond motifs is 1. The highest BCUT2D eigenvalue weighted by Crippen LogP contribution is 2.26. The standard InChI is InChI=1S/C24H26N6O2S/c1-15-27-14-21(33-15)24(32)30-19(5-3-2-4-6-22(25)31)23-28-13-20(29-23)17-8-7-16-9-10-26-12-18(16)11-17/h7-14,19H,2-6H2,1H3,(H2,25,31)(H,28,29)(H,30,32)/t19-/m0/s1. The van der Waals surface area contributed by atoms with Gasteiger partial charge >= 0.3 is 0 Å². The molecule has 3 heterocycles. The van der Waals surface area contributed by atoms with Gasteiger partial charge in [0.25, 0.3) is 5.91 Å². The molecule has 0 bridgehead atoms. The van der Waals surface area contributed by atoms with Gasteiger partial charge in [-0.2, -0.15) is 0 Å². The summed E-state index contributed by atoms with van der Waals surface area (Å²) in [6.45, 7) is 1.87. The molecule has 33 heavy (non-hydrogen) atoms. The number of aryl methyl sites for hydroxylation is 1. The molecule has 4 aromatic rings. The number of hydrogen-bond acceptors (Lipinski definition) is 6. The Hall–Kier alpha value is -3.59. The third kappa shape index (κ3) is 5.81. The van der Waals surface area contributed by atoms with Crippen LogP contribution in [0.2, 0.25) is 0 Å². The first-order valence-electron chi connectivity index (χ1n) is 10.9. The van der Waals surface area contributed by atoms with Gasteiger partial charge < -0.3 is 16.0 Å². The van der Waals surface area contributed by atoms with Gasteiger partial charge in [0.15, 0.2) is 0 Å². The average Bonchev–Trinajstić information content (AvgIpc) is 3.47. The van der Waals surface area contributed by atoms with Crippen LogP contribution in [-0.4, -0.2) is 31.8 Å². The van der Waals surface area contributed by atoms with Crippen LogP contribution in [0.25, 0.3) is 22.0 Å². The number of hydrogen-bond donors (Lipinski definition) is 3.